The van der Waals surface area contributed by atoms with E-state index in [-0.39, 0.29) is 18.5 Å². The molecule has 0 aromatic rings. The zero-order valence-electron chi connectivity index (χ0n) is 10.7. The van der Waals surface area contributed by atoms with Gasteiger partial charge in [-0.2, -0.15) is 0 Å². The van der Waals surface area contributed by atoms with Gasteiger partial charge in [0.05, 0.1) is 14.1 Å². The lowest BCUT2D eigenvalue weighted by atomic mass is 10.3. The number of aliphatic hydroxyl groups excluding tert-OH is 1. The van der Waals surface area contributed by atoms with Crippen LogP contribution >= 0.6 is 11.6 Å². The summed E-state index contributed by atoms with van der Waals surface area (Å²) in [5.41, 5.74) is 1.60. The molecule has 6 heteroatoms. The normalized spacial score (nSPS) is 13.9. The van der Waals surface area contributed by atoms with Crippen molar-refractivity contribution in [3.05, 3.63) is 11.1 Å². The number of ether oxygens (including phenoxy) is 1. The highest BCUT2D eigenvalue weighted by atomic mass is 35.5. The lowest BCUT2D eigenvalue weighted by Crippen LogP contribution is -3.00. The summed E-state index contributed by atoms with van der Waals surface area (Å²) in [6.45, 7) is 4.95. The molecule has 0 aliphatic carbocycles. The van der Waals surface area contributed by atoms with Gasteiger partial charge in [0.2, 0.25) is 0 Å². The van der Waals surface area contributed by atoms with Gasteiger partial charge < -0.3 is 26.7 Å². The molecule has 0 rings (SSSR count). The molecule has 0 fully saturated rings. The van der Waals surface area contributed by atoms with E-state index in [1.54, 1.807) is 13.8 Å². The van der Waals surface area contributed by atoms with Gasteiger partial charge in [0.25, 0.3) is 0 Å². The minimum atomic E-state index is -0.396. The molecular formula is C11H21Cl2NO3. The van der Waals surface area contributed by atoms with E-state index in [4.69, 9.17) is 16.3 Å². The fourth-order valence-electron chi connectivity index (χ4n) is 1.35. The molecule has 0 heterocycles. The number of halogens is 2. The Hall–Kier alpha value is -0.290. The van der Waals surface area contributed by atoms with Gasteiger partial charge in [0.1, 0.15) is 25.8 Å². The number of quaternary nitrogens is 1. The summed E-state index contributed by atoms with van der Waals surface area (Å²) in [6.07, 6.45) is -0.366. The van der Waals surface area contributed by atoms with Crippen molar-refractivity contribution in [2.75, 3.05) is 33.8 Å². The van der Waals surface area contributed by atoms with Crippen molar-refractivity contribution < 1.29 is 31.5 Å². The predicted molar refractivity (Wildman–Crippen MR) is 64.1 cm³/mol. The zero-order chi connectivity index (χ0) is 12.8. The summed E-state index contributed by atoms with van der Waals surface area (Å²) in [4.78, 5) is 11.3. The summed E-state index contributed by atoms with van der Waals surface area (Å²) >= 11 is 5.38. The number of carbonyl (C=O) groups is 1. The summed E-state index contributed by atoms with van der Waals surface area (Å²) in [5, 5.41) is 9.27. The molecule has 0 radical (unpaired) electrons. The van der Waals surface area contributed by atoms with E-state index in [9.17, 15) is 9.90 Å². The third kappa shape index (κ3) is 9.41. The first-order chi connectivity index (χ1) is 7.28. The first-order valence-electron chi connectivity index (χ1n) is 5.22. The Labute approximate surface area is 114 Å². The number of nitrogens with zero attached hydrogens (tertiary/aromatic N) is 1. The van der Waals surface area contributed by atoms with E-state index in [1.165, 1.54) is 5.54 Å². The third-order valence-corrected chi connectivity index (χ3v) is 2.50. The number of likely N-dealkylation sites (N-methyl/N-ethyl adjacent to an activating group) is 1. The van der Waals surface area contributed by atoms with Gasteiger partial charge in [0.15, 0.2) is 0 Å². The SMILES string of the molecule is CC(=CCl)C(=O)OCC[N+](C)(C)CC(C)O.[Cl-]. The molecule has 1 N–H and O–H groups in total. The van der Waals surface area contributed by atoms with Crippen LogP contribution in [-0.4, -0.2) is 55.5 Å². The van der Waals surface area contributed by atoms with Gasteiger partial charge in [-0.3, -0.25) is 0 Å². The Bertz CT molecular complexity index is 265. The van der Waals surface area contributed by atoms with Crippen LogP contribution in [0.3, 0.4) is 0 Å². The van der Waals surface area contributed by atoms with Crippen LogP contribution in [0.4, 0.5) is 0 Å². The lowest BCUT2D eigenvalue weighted by molar-refractivity contribution is -0.893. The maximum atomic E-state index is 11.3. The Kier molecular flexibility index (Phi) is 9.81. The van der Waals surface area contributed by atoms with Gasteiger partial charge in [-0.05, 0) is 13.8 Å². The van der Waals surface area contributed by atoms with Crippen LogP contribution in [0.5, 0.6) is 0 Å². The predicted octanol–water partition coefficient (Wildman–Crippen LogP) is -1.87. The van der Waals surface area contributed by atoms with E-state index >= 15 is 0 Å². The van der Waals surface area contributed by atoms with E-state index in [2.05, 4.69) is 0 Å². The van der Waals surface area contributed by atoms with Crippen molar-refractivity contribution in [2.24, 2.45) is 0 Å². The fourth-order valence-corrected chi connectivity index (χ4v) is 1.44. The molecule has 0 saturated heterocycles. The highest BCUT2D eigenvalue weighted by molar-refractivity contribution is 6.27. The standard InChI is InChI=1S/C11H21ClNO3.ClH/c1-9(7-12)11(15)16-6-5-13(3,4)8-10(2)14;/h7,10,14H,5-6,8H2,1-4H3;1H/q+1;/p-1. The van der Waals surface area contributed by atoms with Gasteiger partial charge in [-0.1, -0.05) is 11.6 Å². The van der Waals surface area contributed by atoms with Gasteiger partial charge >= 0.3 is 5.97 Å². The second kappa shape index (κ2) is 8.75. The smallest absolute Gasteiger partial charge is 0.334 e. The van der Waals surface area contributed by atoms with Crippen LogP contribution in [-0.2, 0) is 9.53 Å². The minimum Gasteiger partial charge on any atom is -1.00 e. The molecule has 102 valence electrons. The highest BCUT2D eigenvalue weighted by Gasteiger charge is 2.18. The van der Waals surface area contributed by atoms with Crippen molar-refractivity contribution in [1.82, 2.24) is 0 Å². The monoisotopic (exact) mass is 285 g/mol. The number of esters is 1. The average Bonchev–Trinajstić information content (AvgIpc) is 2.13. The first kappa shape index (κ1) is 19.1. The van der Waals surface area contributed by atoms with Gasteiger partial charge in [-0.25, -0.2) is 4.79 Å². The third-order valence-electron chi connectivity index (χ3n) is 2.17. The molecule has 0 bridgehead atoms. The molecule has 17 heavy (non-hydrogen) atoms. The lowest BCUT2D eigenvalue weighted by Gasteiger charge is -2.30. The van der Waals surface area contributed by atoms with Crippen molar-refractivity contribution in [2.45, 2.75) is 20.0 Å². The number of rotatable bonds is 6. The second-order valence-electron chi connectivity index (χ2n) is 4.62. The topological polar surface area (TPSA) is 46.5 Å². The van der Waals surface area contributed by atoms with E-state index < -0.39 is 5.97 Å². The maximum Gasteiger partial charge on any atom is 0.334 e. The van der Waals surface area contributed by atoms with Crippen molar-refractivity contribution >= 4 is 17.6 Å². The zero-order valence-corrected chi connectivity index (χ0v) is 12.3. The summed E-state index contributed by atoms with van der Waals surface area (Å²) < 4.78 is 5.63. The van der Waals surface area contributed by atoms with Crippen LogP contribution in [0, 0.1) is 0 Å². The molecule has 0 amide bonds. The molecule has 1 unspecified atom stereocenters. The molecule has 0 aromatic heterocycles. The summed E-state index contributed by atoms with van der Waals surface area (Å²) in [7, 11) is 3.95. The Morgan fingerprint density at radius 3 is 2.47 bits per heavy atom. The van der Waals surface area contributed by atoms with E-state index in [0.29, 0.717) is 29.8 Å². The van der Waals surface area contributed by atoms with E-state index in [0.717, 1.165) is 0 Å². The van der Waals surface area contributed by atoms with Crippen LogP contribution in [0.15, 0.2) is 11.1 Å². The molecule has 0 spiro atoms. The largest absolute Gasteiger partial charge is 1.00 e. The highest BCUT2D eigenvalue weighted by Crippen LogP contribution is 2.02. The number of hydrogen-bond donors (Lipinski definition) is 1. The maximum absolute atomic E-state index is 11.3. The van der Waals surface area contributed by atoms with Crippen molar-refractivity contribution in [3.63, 3.8) is 0 Å². The molecule has 0 saturated carbocycles. The average molecular weight is 286 g/mol. The second-order valence-corrected chi connectivity index (χ2v) is 4.84. The Morgan fingerprint density at radius 1 is 1.53 bits per heavy atom. The molecule has 1 atom stereocenters. The molecule has 0 aliphatic heterocycles. The Balaban J connectivity index is 0. The number of aliphatic hydroxyl groups is 1. The molecule has 0 aliphatic rings. The Morgan fingerprint density at radius 2 is 2.06 bits per heavy atom. The molecule has 4 nitrogen and oxygen atoms in total. The minimum absolute atomic E-state index is 0. The number of hydrogen-bond acceptors (Lipinski definition) is 3. The van der Waals surface area contributed by atoms with Crippen LogP contribution < -0.4 is 12.4 Å². The summed E-state index contributed by atoms with van der Waals surface area (Å²) in [5.74, 6) is -0.396. The first-order valence-corrected chi connectivity index (χ1v) is 5.66. The summed E-state index contributed by atoms with van der Waals surface area (Å²) in [6, 6.07) is 0. The van der Waals surface area contributed by atoms with Crippen LogP contribution in [0.1, 0.15) is 13.8 Å². The van der Waals surface area contributed by atoms with Crippen molar-refractivity contribution in [3.8, 4) is 0 Å². The fraction of sp³-hybridized carbons (Fsp3) is 0.727. The van der Waals surface area contributed by atoms with Crippen LogP contribution in [0.25, 0.3) is 0 Å². The molecule has 0 aromatic carbocycles. The van der Waals surface area contributed by atoms with Gasteiger partial charge in [0, 0.05) is 11.1 Å². The van der Waals surface area contributed by atoms with Crippen molar-refractivity contribution in [1.29, 1.82) is 0 Å². The van der Waals surface area contributed by atoms with Gasteiger partial charge in [-0.15, -0.1) is 0 Å². The molecular weight excluding hydrogens is 265 g/mol. The van der Waals surface area contributed by atoms with Crippen LogP contribution in [0.2, 0.25) is 0 Å². The van der Waals surface area contributed by atoms with E-state index in [1.807, 2.05) is 14.1 Å². The quantitative estimate of drug-likeness (QED) is 0.354. The number of carbonyl (C=O) groups excluding carboxylic acids is 1.